The third-order valence-electron chi connectivity index (χ3n) is 4.15. The largest absolute Gasteiger partial charge is 0.497 e. The van der Waals surface area contributed by atoms with Gasteiger partial charge in [0.05, 0.1) is 7.11 Å². The van der Waals surface area contributed by atoms with Crippen LogP contribution >= 0.6 is 0 Å². The van der Waals surface area contributed by atoms with Crippen LogP contribution in [-0.4, -0.2) is 35.7 Å². The second-order valence-electron chi connectivity index (χ2n) is 5.51. The fourth-order valence-electron chi connectivity index (χ4n) is 3.03. The maximum absolute atomic E-state index is 11.2. The van der Waals surface area contributed by atoms with E-state index in [1.165, 1.54) is 0 Å². The molecule has 0 bridgehead atoms. The van der Waals surface area contributed by atoms with Crippen LogP contribution in [-0.2, 0) is 11.3 Å². The summed E-state index contributed by atoms with van der Waals surface area (Å²) in [6.07, 6.45) is 1.71. The SMILES string of the molecule is COc1ccc2cc(CN3CCC[C@@H]3C(=O)O)ccc2c1. The standard InChI is InChI=1S/C17H19NO3/c1-21-15-7-6-13-9-12(4-5-14(13)10-15)11-18-8-2-3-16(18)17(19)20/h4-7,9-10,16H,2-3,8,11H2,1H3,(H,19,20)/t16-/m1/s1. The highest BCUT2D eigenvalue weighted by atomic mass is 16.5. The number of aliphatic carboxylic acids is 1. The first kappa shape index (κ1) is 13.9. The quantitative estimate of drug-likeness (QED) is 0.938. The molecule has 1 N–H and O–H groups in total. The van der Waals surface area contributed by atoms with E-state index in [4.69, 9.17) is 4.74 Å². The highest BCUT2D eigenvalue weighted by molar-refractivity contribution is 5.84. The van der Waals surface area contributed by atoms with Crippen molar-refractivity contribution in [3.8, 4) is 5.75 Å². The van der Waals surface area contributed by atoms with Crippen LogP contribution in [0.2, 0.25) is 0 Å². The van der Waals surface area contributed by atoms with E-state index < -0.39 is 5.97 Å². The molecule has 0 saturated carbocycles. The van der Waals surface area contributed by atoms with Gasteiger partial charge in [-0.25, -0.2) is 0 Å². The predicted octanol–water partition coefficient (Wildman–Crippen LogP) is 2.90. The lowest BCUT2D eigenvalue weighted by Crippen LogP contribution is -2.35. The second-order valence-corrected chi connectivity index (χ2v) is 5.51. The number of hydrogen-bond acceptors (Lipinski definition) is 3. The summed E-state index contributed by atoms with van der Waals surface area (Å²) in [5.74, 6) is 0.138. The number of rotatable bonds is 4. The van der Waals surface area contributed by atoms with Crippen molar-refractivity contribution in [3.05, 3.63) is 42.0 Å². The van der Waals surface area contributed by atoms with E-state index in [2.05, 4.69) is 18.2 Å². The first-order valence-electron chi connectivity index (χ1n) is 7.21. The number of carboxylic acid groups (broad SMARTS) is 1. The van der Waals surface area contributed by atoms with Gasteiger partial charge in [-0.2, -0.15) is 0 Å². The molecule has 0 spiro atoms. The fourth-order valence-corrected chi connectivity index (χ4v) is 3.03. The summed E-state index contributed by atoms with van der Waals surface area (Å²) in [7, 11) is 1.66. The molecule has 3 rings (SSSR count). The predicted molar refractivity (Wildman–Crippen MR) is 81.6 cm³/mol. The molecule has 0 amide bonds. The van der Waals surface area contributed by atoms with Crippen LogP contribution in [0.5, 0.6) is 5.75 Å². The summed E-state index contributed by atoms with van der Waals surface area (Å²) in [5.41, 5.74) is 1.15. The van der Waals surface area contributed by atoms with Gasteiger partial charge in [-0.1, -0.05) is 18.2 Å². The Morgan fingerprint density at radius 3 is 2.81 bits per heavy atom. The second kappa shape index (κ2) is 5.74. The van der Waals surface area contributed by atoms with Gasteiger partial charge in [0.1, 0.15) is 11.8 Å². The van der Waals surface area contributed by atoms with Crippen LogP contribution < -0.4 is 4.74 Å². The number of fused-ring (bicyclic) bond motifs is 1. The van der Waals surface area contributed by atoms with Crippen molar-refractivity contribution in [2.45, 2.75) is 25.4 Å². The van der Waals surface area contributed by atoms with Crippen LogP contribution in [0.3, 0.4) is 0 Å². The maximum atomic E-state index is 11.2. The van der Waals surface area contributed by atoms with Crippen molar-refractivity contribution in [2.75, 3.05) is 13.7 Å². The molecular formula is C17H19NO3. The summed E-state index contributed by atoms with van der Waals surface area (Å²) in [6, 6.07) is 11.9. The van der Waals surface area contributed by atoms with Gasteiger partial charge in [-0.05, 0) is 53.9 Å². The number of likely N-dealkylation sites (tertiary alicyclic amines) is 1. The lowest BCUT2D eigenvalue weighted by molar-refractivity contribution is -0.142. The lowest BCUT2D eigenvalue weighted by atomic mass is 10.1. The number of methoxy groups -OCH3 is 1. The molecule has 0 aliphatic carbocycles. The zero-order valence-electron chi connectivity index (χ0n) is 12.1. The first-order chi connectivity index (χ1) is 10.2. The zero-order chi connectivity index (χ0) is 14.8. The third-order valence-corrected chi connectivity index (χ3v) is 4.15. The maximum Gasteiger partial charge on any atom is 0.320 e. The summed E-state index contributed by atoms with van der Waals surface area (Å²) < 4.78 is 5.23. The van der Waals surface area contributed by atoms with Crippen molar-refractivity contribution in [1.82, 2.24) is 4.90 Å². The van der Waals surface area contributed by atoms with Crippen LogP contribution in [0.15, 0.2) is 36.4 Å². The molecule has 0 radical (unpaired) electrons. The molecule has 2 aromatic carbocycles. The van der Waals surface area contributed by atoms with E-state index in [1.807, 2.05) is 23.1 Å². The first-order valence-corrected chi connectivity index (χ1v) is 7.21. The van der Waals surface area contributed by atoms with Crippen LogP contribution in [0.4, 0.5) is 0 Å². The summed E-state index contributed by atoms with van der Waals surface area (Å²) >= 11 is 0. The van der Waals surface area contributed by atoms with Crippen LogP contribution in [0, 0.1) is 0 Å². The van der Waals surface area contributed by atoms with Gasteiger partial charge in [0.25, 0.3) is 0 Å². The Kier molecular flexibility index (Phi) is 3.80. The molecule has 0 unspecified atom stereocenters. The topological polar surface area (TPSA) is 49.8 Å². The Bertz CT molecular complexity index is 668. The average molecular weight is 285 g/mol. The zero-order valence-corrected chi connectivity index (χ0v) is 12.1. The molecule has 0 aromatic heterocycles. The van der Waals surface area contributed by atoms with Crippen molar-refractivity contribution >= 4 is 16.7 Å². The van der Waals surface area contributed by atoms with E-state index in [0.717, 1.165) is 41.5 Å². The molecule has 1 aliphatic heterocycles. The molecule has 21 heavy (non-hydrogen) atoms. The van der Waals surface area contributed by atoms with Gasteiger partial charge in [0.15, 0.2) is 0 Å². The minimum Gasteiger partial charge on any atom is -0.497 e. The molecule has 4 nitrogen and oxygen atoms in total. The van der Waals surface area contributed by atoms with Gasteiger partial charge in [-0.3, -0.25) is 9.69 Å². The smallest absolute Gasteiger partial charge is 0.320 e. The van der Waals surface area contributed by atoms with E-state index in [1.54, 1.807) is 7.11 Å². The Labute approximate surface area is 123 Å². The Morgan fingerprint density at radius 2 is 2.05 bits per heavy atom. The van der Waals surface area contributed by atoms with Gasteiger partial charge in [-0.15, -0.1) is 0 Å². The molecule has 1 fully saturated rings. The van der Waals surface area contributed by atoms with Crippen LogP contribution in [0.1, 0.15) is 18.4 Å². The number of nitrogens with zero attached hydrogens (tertiary/aromatic N) is 1. The van der Waals surface area contributed by atoms with Crippen molar-refractivity contribution in [3.63, 3.8) is 0 Å². The summed E-state index contributed by atoms with van der Waals surface area (Å²) in [4.78, 5) is 13.3. The fraction of sp³-hybridized carbons (Fsp3) is 0.353. The Morgan fingerprint density at radius 1 is 1.29 bits per heavy atom. The molecule has 2 aromatic rings. The van der Waals surface area contributed by atoms with Crippen molar-refractivity contribution in [1.29, 1.82) is 0 Å². The van der Waals surface area contributed by atoms with E-state index in [-0.39, 0.29) is 6.04 Å². The number of carboxylic acids is 1. The molecule has 110 valence electrons. The molecule has 1 heterocycles. The lowest BCUT2D eigenvalue weighted by Gasteiger charge is -2.21. The Balaban J connectivity index is 1.83. The third kappa shape index (κ3) is 2.85. The van der Waals surface area contributed by atoms with E-state index in [0.29, 0.717) is 6.54 Å². The van der Waals surface area contributed by atoms with Crippen molar-refractivity contribution in [2.24, 2.45) is 0 Å². The van der Waals surface area contributed by atoms with Crippen LogP contribution in [0.25, 0.3) is 10.8 Å². The highest BCUT2D eigenvalue weighted by Crippen LogP contribution is 2.24. The van der Waals surface area contributed by atoms with Gasteiger partial charge < -0.3 is 9.84 Å². The highest BCUT2D eigenvalue weighted by Gasteiger charge is 2.30. The summed E-state index contributed by atoms with van der Waals surface area (Å²) in [6.45, 7) is 1.55. The molecule has 1 saturated heterocycles. The Hall–Kier alpha value is -2.07. The normalized spacial score (nSPS) is 19.0. The molecular weight excluding hydrogens is 266 g/mol. The molecule has 1 aliphatic rings. The number of hydrogen-bond donors (Lipinski definition) is 1. The van der Waals surface area contributed by atoms with E-state index in [9.17, 15) is 9.90 Å². The van der Waals surface area contributed by atoms with E-state index >= 15 is 0 Å². The van der Waals surface area contributed by atoms with Gasteiger partial charge >= 0.3 is 5.97 Å². The molecule has 1 atom stereocenters. The van der Waals surface area contributed by atoms with Gasteiger partial charge in [0, 0.05) is 6.54 Å². The molecule has 4 heteroatoms. The van der Waals surface area contributed by atoms with Crippen molar-refractivity contribution < 1.29 is 14.6 Å². The number of carbonyl (C=O) groups is 1. The number of ether oxygens (including phenoxy) is 1. The number of benzene rings is 2. The summed E-state index contributed by atoms with van der Waals surface area (Å²) in [5, 5.41) is 11.5. The monoisotopic (exact) mass is 285 g/mol. The minimum atomic E-state index is -0.710. The average Bonchev–Trinajstić information content (AvgIpc) is 2.95. The minimum absolute atomic E-state index is 0.337. The van der Waals surface area contributed by atoms with Gasteiger partial charge in [0.2, 0.25) is 0 Å².